The molecule has 0 saturated heterocycles. The first-order chi connectivity index (χ1) is 9.61. The van der Waals surface area contributed by atoms with E-state index < -0.39 is 0 Å². The second-order valence-corrected chi connectivity index (χ2v) is 6.09. The van der Waals surface area contributed by atoms with Gasteiger partial charge in [-0.05, 0) is 18.2 Å². The average Bonchev–Trinajstić information content (AvgIpc) is 2.78. The van der Waals surface area contributed by atoms with E-state index in [0.717, 1.165) is 33.6 Å². The Morgan fingerprint density at radius 1 is 1.25 bits per heavy atom. The molecule has 0 unspecified atom stereocenters. The lowest BCUT2D eigenvalue weighted by atomic mass is 10.1. The Morgan fingerprint density at radius 2 is 2.00 bits per heavy atom. The lowest BCUT2D eigenvalue weighted by molar-refractivity contribution is 0.506. The highest BCUT2D eigenvalue weighted by atomic mass is 32.2. The summed E-state index contributed by atoms with van der Waals surface area (Å²) in [5.74, 6) is 1.06. The molecule has 0 aliphatic heterocycles. The summed E-state index contributed by atoms with van der Waals surface area (Å²) in [5.41, 5.74) is 8.94. The van der Waals surface area contributed by atoms with E-state index in [9.17, 15) is 0 Å². The number of hydrogen-bond acceptors (Lipinski definition) is 4. The number of nitrogens with two attached hydrogens (primary N) is 1. The van der Waals surface area contributed by atoms with Crippen molar-refractivity contribution in [3.8, 4) is 0 Å². The summed E-state index contributed by atoms with van der Waals surface area (Å²) in [7, 11) is 0. The smallest absolute Gasteiger partial charge is 0.168 e. The number of aromatic nitrogens is 3. The molecule has 104 valence electrons. The van der Waals surface area contributed by atoms with E-state index >= 15 is 0 Å². The van der Waals surface area contributed by atoms with Gasteiger partial charge in [0.05, 0.1) is 11.0 Å². The van der Waals surface area contributed by atoms with Crippen LogP contribution in [-0.2, 0) is 6.54 Å². The molecule has 2 N–H and O–H groups in total. The number of para-hydroxylation sites is 1. The van der Waals surface area contributed by atoms with Crippen molar-refractivity contribution in [1.29, 1.82) is 0 Å². The van der Waals surface area contributed by atoms with Crippen LogP contribution < -0.4 is 5.73 Å². The van der Waals surface area contributed by atoms with Crippen LogP contribution in [0.15, 0.2) is 29.4 Å². The molecule has 0 atom stereocenters. The molecule has 1 aromatic carbocycles. The lowest BCUT2D eigenvalue weighted by Crippen LogP contribution is -2.06. The SMILES string of the molecule is CSc1nc2c(N)nc3ccccc3c2n1CC(C)C. The number of benzene rings is 1. The van der Waals surface area contributed by atoms with E-state index in [1.54, 1.807) is 11.8 Å². The summed E-state index contributed by atoms with van der Waals surface area (Å²) < 4.78 is 2.27. The summed E-state index contributed by atoms with van der Waals surface area (Å²) in [6, 6.07) is 8.10. The number of anilines is 1. The van der Waals surface area contributed by atoms with Gasteiger partial charge < -0.3 is 10.3 Å². The van der Waals surface area contributed by atoms with Crippen LogP contribution in [0.1, 0.15) is 13.8 Å². The van der Waals surface area contributed by atoms with E-state index in [1.165, 1.54) is 0 Å². The van der Waals surface area contributed by atoms with Gasteiger partial charge in [-0.1, -0.05) is 43.8 Å². The first kappa shape index (κ1) is 13.2. The number of thioether (sulfide) groups is 1. The summed E-state index contributed by atoms with van der Waals surface area (Å²) in [5, 5.41) is 2.11. The molecule has 0 bridgehead atoms. The van der Waals surface area contributed by atoms with Crippen molar-refractivity contribution in [2.75, 3.05) is 12.0 Å². The number of hydrogen-bond donors (Lipinski definition) is 1. The van der Waals surface area contributed by atoms with Crippen LogP contribution in [0, 0.1) is 5.92 Å². The van der Waals surface area contributed by atoms with E-state index in [1.807, 2.05) is 24.5 Å². The van der Waals surface area contributed by atoms with Gasteiger partial charge in [0, 0.05) is 11.9 Å². The van der Waals surface area contributed by atoms with Crippen molar-refractivity contribution < 1.29 is 0 Å². The van der Waals surface area contributed by atoms with Crippen LogP contribution in [0.2, 0.25) is 0 Å². The maximum atomic E-state index is 6.09. The number of fused-ring (bicyclic) bond motifs is 3. The number of pyridine rings is 1. The molecular formula is C15H18N4S. The van der Waals surface area contributed by atoms with Crippen molar-refractivity contribution in [2.24, 2.45) is 5.92 Å². The normalized spacial score (nSPS) is 11.8. The molecule has 3 rings (SSSR count). The Morgan fingerprint density at radius 3 is 2.70 bits per heavy atom. The minimum absolute atomic E-state index is 0.511. The van der Waals surface area contributed by atoms with Crippen molar-refractivity contribution in [1.82, 2.24) is 14.5 Å². The maximum Gasteiger partial charge on any atom is 0.168 e. The van der Waals surface area contributed by atoms with E-state index in [2.05, 4.69) is 34.4 Å². The summed E-state index contributed by atoms with van der Waals surface area (Å²) in [6.07, 6.45) is 2.05. The van der Waals surface area contributed by atoms with Crippen molar-refractivity contribution in [2.45, 2.75) is 25.5 Å². The zero-order chi connectivity index (χ0) is 14.3. The van der Waals surface area contributed by atoms with Gasteiger partial charge in [0.15, 0.2) is 11.0 Å². The molecule has 0 aliphatic rings. The fourth-order valence-electron chi connectivity index (χ4n) is 2.53. The molecule has 3 aromatic rings. The highest BCUT2D eigenvalue weighted by Gasteiger charge is 2.17. The molecule has 0 spiro atoms. The monoisotopic (exact) mass is 286 g/mol. The van der Waals surface area contributed by atoms with E-state index in [0.29, 0.717) is 11.7 Å². The Balaban J connectivity index is 2.44. The Hall–Kier alpha value is -1.75. The molecule has 5 heteroatoms. The number of nitrogens with zero attached hydrogens (tertiary/aromatic N) is 3. The third-order valence-corrected chi connectivity index (χ3v) is 3.98. The van der Waals surface area contributed by atoms with Gasteiger partial charge in [0.25, 0.3) is 0 Å². The Bertz CT molecular complexity index is 776. The largest absolute Gasteiger partial charge is 0.382 e. The topological polar surface area (TPSA) is 56.7 Å². The van der Waals surface area contributed by atoms with Crippen LogP contribution in [0.5, 0.6) is 0 Å². The molecular weight excluding hydrogens is 268 g/mol. The van der Waals surface area contributed by atoms with Gasteiger partial charge in [-0.15, -0.1) is 0 Å². The fourth-order valence-corrected chi connectivity index (χ4v) is 3.10. The van der Waals surface area contributed by atoms with Crippen molar-refractivity contribution >= 4 is 39.5 Å². The molecule has 0 fully saturated rings. The zero-order valence-electron chi connectivity index (χ0n) is 11.9. The maximum absolute atomic E-state index is 6.09. The third-order valence-electron chi connectivity index (χ3n) is 3.31. The van der Waals surface area contributed by atoms with Gasteiger partial charge >= 0.3 is 0 Å². The molecule has 0 amide bonds. The van der Waals surface area contributed by atoms with E-state index in [-0.39, 0.29) is 0 Å². The van der Waals surface area contributed by atoms with Crippen molar-refractivity contribution in [3.05, 3.63) is 24.3 Å². The van der Waals surface area contributed by atoms with Gasteiger partial charge in [0.2, 0.25) is 0 Å². The minimum Gasteiger partial charge on any atom is -0.382 e. The second-order valence-electron chi connectivity index (χ2n) is 5.31. The molecule has 0 radical (unpaired) electrons. The minimum atomic E-state index is 0.511. The van der Waals surface area contributed by atoms with Gasteiger partial charge in [-0.3, -0.25) is 0 Å². The Labute approximate surface area is 122 Å². The molecule has 2 aromatic heterocycles. The molecule has 2 heterocycles. The molecule has 0 saturated carbocycles. The predicted octanol–water partition coefficient (Wildman–Crippen LogP) is 3.54. The zero-order valence-corrected chi connectivity index (χ0v) is 12.7. The quantitative estimate of drug-likeness (QED) is 0.748. The molecule has 0 aliphatic carbocycles. The lowest BCUT2D eigenvalue weighted by Gasteiger charge is -2.11. The van der Waals surface area contributed by atoms with E-state index in [4.69, 9.17) is 5.73 Å². The predicted molar refractivity (Wildman–Crippen MR) is 86.1 cm³/mol. The Kier molecular flexibility index (Phi) is 3.30. The highest BCUT2D eigenvalue weighted by molar-refractivity contribution is 7.98. The molecule has 20 heavy (non-hydrogen) atoms. The summed E-state index contributed by atoms with van der Waals surface area (Å²) >= 11 is 1.65. The van der Waals surface area contributed by atoms with Crippen LogP contribution in [0.4, 0.5) is 5.82 Å². The standard InChI is InChI=1S/C15H18N4S/c1-9(2)8-19-13-10-6-4-5-7-11(10)17-14(16)12(13)18-15(19)20-3/h4-7,9H,8H2,1-3H3,(H2,16,17). The van der Waals surface area contributed by atoms with Crippen molar-refractivity contribution in [3.63, 3.8) is 0 Å². The molecule has 4 nitrogen and oxygen atoms in total. The number of nitrogen functional groups attached to an aromatic ring is 1. The van der Waals surface area contributed by atoms with Crippen LogP contribution in [0.3, 0.4) is 0 Å². The van der Waals surface area contributed by atoms with Crippen LogP contribution in [-0.4, -0.2) is 20.8 Å². The third kappa shape index (κ3) is 2.02. The van der Waals surface area contributed by atoms with Crippen LogP contribution >= 0.6 is 11.8 Å². The first-order valence-electron chi connectivity index (χ1n) is 6.70. The number of imidazole rings is 1. The average molecular weight is 286 g/mol. The van der Waals surface area contributed by atoms with Gasteiger partial charge in [-0.2, -0.15) is 0 Å². The first-order valence-corrected chi connectivity index (χ1v) is 7.92. The summed E-state index contributed by atoms with van der Waals surface area (Å²) in [4.78, 5) is 9.14. The fraction of sp³-hybridized carbons (Fsp3) is 0.333. The second kappa shape index (κ2) is 4.98. The van der Waals surface area contributed by atoms with Crippen LogP contribution in [0.25, 0.3) is 21.9 Å². The highest BCUT2D eigenvalue weighted by Crippen LogP contribution is 2.31. The summed E-state index contributed by atoms with van der Waals surface area (Å²) in [6.45, 7) is 5.35. The van der Waals surface area contributed by atoms with Gasteiger partial charge in [0.1, 0.15) is 5.52 Å². The number of rotatable bonds is 3. The van der Waals surface area contributed by atoms with Gasteiger partial charge in [-0.25, -0.2) is 9.97 Å².